The number of nitrogens with zero attached hydrogens (tertiary/aromatic N) is 3. The number of carbonyl (C=O) groups excluding carboxylic acids is 2. The van der Waals surface area contributed by atoms with E-state index in [0.29, 0.717) is 12.1 Å². The van der Waals surface area contributed by atoms with E-state index in [2.05, 4.69) is 4.74 Å². The molecule has 0 bridgehead atoms. The highest BCUT2D eigenvalue weighted by Gasteiger charge is 2.42. The van der Waals surface area contributed by atoms with Crippen LogP contribution in [0.4, 0.5) is 13.2 Å². The monoisotopic (exact) mass is 495 g/mol. The first-order valence-corrected chi connectivity index (χ1v) is 11.6. The SMILES string of the molecule is COC(=O)COC1CCC(n2ccn(-c3ccc4c(c3)CCN(C(=O)C(F)(F)F)CC4)c2=O)CC1. The predicted octanol–water partition coefficient (Wildman–Crippen LogP) is 2.80. The molecular weight excluding hydrogens is 467 g/mol. The summed E-state index contributed by atoms with van der Waals surface area (Å²) >= 11 is 0. The van der Waals surface area contributed by atoms with E-state index < -0.39 is 18.1 Å². The zero-order valence-electron chi connectivity index (χ0n) is 19.4. The minimum Gasteiger partial charge on any atom is -0.467 e. The van der Waals surface area contributed by atoms with Crippen LogP contribution >= 0.6 is 0 Å². The summed E-state index contributed by atoms with van der Waals surface area (Å²) in [6.07, 6.45) is 2.06. The van der Waals surface area contributed by atoms with Crippen LogP contribution < -0.4 is 5.69 Å². The van der Waals surface area contributed by atoms with Crippen molar-refractivity contribution >= 4 is 11.9 Å². The lowest BCUT2D eigenvalue weighted by molar-refractivity contribution is -0.185. The first kappa shape index (κ1) is 25.0. The van der Waals surface area contributed by atoms with Crippen molar-refractivity contribution in [3.8, 4) is 5.69 Å². The van der Waals surface area contributed by atoms with Gasteiger partial charge < -0.3 is 14.4 Å². The third kappa shape index (κ3) is 5.61. The molecular formula is C24H28F3N3O5. The third-order valence-corrected chi connectivity index (χ3v) is 6.80. The van der Waals surface area contributed by atoms with E-state index in [4.69, 9.17) is 4.74 Å². The van der Waals surface area contributed by atoms with Crippen molar-refractivity contribution in [3.05, 3.63) is 52.2 Å². The van der Waals surface area contributed by atoms with Crippen LogP contribution in [0.15, 0.2) is 35.4 Å². The second-order valence-corrected chi connectivity index (χ2v) is 8.92. The highest BCUT2D eigenvalue weighted by Crippen LogP contribution is 2.29. The summed E-state index contributed by atoms with van der Waals surface area (Å²) in [6.45, 7) is -0.0956. The average molecular weight is 495 g/mol. The Hall–Kier alpha value is -3.08. The first-order valence-electron chi connectivity index (χ1n) is 11.6. The van der Waals surface area contributed by atoms with Gasteiger partial charge in [-0.05, 0) is 61.8 Å². The molecule has 1 aliphatic carbocycles. The number of hydrogen-bond acceptors (Lipinski definition) is 5. The van der Waals surface area contributed by atoms with Gasteiger partial charge in [0.15, 0.2) is 0 Å². The van der Waals surface area contributed by atoms with Gasteiger partial charge >= 0.3 is 23.7 Å². The number of alkyl halides is 3. The maximum Gasteiger partial charge on any atom is 0.471 e. The van der Waals surface area contributed by atoms with E-state index in [1.54, 1.807) is 23.0 Å². The second kappa shape index (κ2) is 10.3. The van der Waals surface area contributed by atoms with Gasteiger partial charge in [-0.3, -0.25) is 13.9 Å². The summed E-state index contributed by atoms with van der Waals surface area (Å²) in [7, 11) is 1.31. The van der Waals surface area contributed by atoms with Crippen LogP contribution in [0.1, 0.15) is 42.9 Å². The van der Waals surface area contributed by atoms with Crippen LogP contribution in [0.3, 0.4) is 0 Å². The van der Waals surface area contributed by atoms with Gasteiger partial charge in [0.05, 0.1) is 18.9 Å². The van der Waals surface area contributed by atoms with Gasteiger partial charge in [-0.1, -0.05) is 6.07 Å². The molecule has 1 amide bonds. The maximum atomic E-state index is 13.1. The maximum absolute atomic E-state index is 13.1. The molecule has 190 valence electrons. The molecule has 35 heavy (non-hydrogen) atoms. The summed E-state index contributed by atoms with van der Waals surface area (Å²) in [5.74, 6) is -2.23. The number of fused-ring (bicyclic) bond motifs is 1. The van der Waals surface area contributed by atoms with E-state index in [1.807, 2.05) is 12.1 Å². The molecule has 0 atom stereocenters. The van der Waals surface area contributed by atoms with Crippen LogP contribution in [0.2, 0.25) is 0 Å². The molecule has 4 rings (SSSR count). The van der Waals surface area contributed by atoms with E-state index in [-0.39, 0.29) is 44.0 Å². The van der Waals surface area contributed by atoms with Crippen molar-refractivity contribution in [2.75, 3.05) is 26.8 Å². The van der Waals surface area contributed by atoms with Crippen LogP contribution in [0.25, 0.3) is 5.69 Å². The molecule has 0 spiro atoms. The Morgan fingerprint density at radius 2 is 1.71 bits per heavy atom. The normalized spacial score (nSPS) is 20.7. The Bertz CT molecular complexity index is 1130. The molecule has 0 radical (unpaired) electrons. The highest BCUT2D eigenvalue weighted by molar-refractivity contribution is 5.82. The molecule has 1 saturated carbocycles. The van der Waals surface area contributed by atoms with Crippen LogP contribution in [0.5, 0.6) is 0 Å². The number of halogens is 3. The van der Waals surface area contributed by atoms with Gasteiger partial charge in [-0.15, -0.1) is 0 Å². The number of aromatic nitrogens is 2. The highest BCUT2D eigenvalue weighted by atomic mass is 19.4. The number of benzene rings is 1. The third-order valence-electron chi connectivity index (χ3n) is 6.80. The number of methoxy groups -OCH3 is 1. The summed E-state index contributed by atoms with van der Waals surface area (Å²) in [5.41, 5.74) is 2.16. The number of carbonyl (C=O) groups is 2. The van der Waals surface area contributed by atoms with E-state index >= 15 is 0 Å². The topological polar surface area (TPSA) is 82.8 Å². The molecule has 1 aliphatic heterocycles. The predicted molar refractivity (Wildman–Crippen MR) is 119 cm³/mol. The summed E-state index contributed by atoms with van der Waals surface area (Å²) in [4.78, 5) is 36.9. The molecule has 0 N–H and O–H groups in total. The van der Waals surface area contributed by atoms with Crippen molar-refractivity contribution in [3.63, 3.8) is 0 Å². The number of esters is 1. The lowest BCUT2D eigenvalue weighted by Crippen LogP contribution is -2.42. The largest absolute Gasteiger partial charge is 0.471 e. The van der Waals surface area contributed by atoms with Crippen molar-refractivity contribution < 1.29 is 32.2 Å². The molecule has 1 fully saturated rings. The number of amides is 1. The molecule has 0 saturated heterocycles. The van der Waals surface area contributed by atoms with Gasteiger partial charge in [-0.2, -0.15) is 13.2 Å². The first-order chi connectivity index (χ1) is 16.7. The smallest absolute Gasteiger partial charge is 0.467 e. The Morgan fingerprint density at radius 1 is 1.03 bits per heavy atom. The molecule has 2 aliphatic rings. The fourth-order valence-corrected chi connectivity index (χ4v) is 4.84. The molecule has 11 heteroatoms. The fourth-order valence-electron chi connectivity index (χ4n) is 4.84. The lowest BCUT2D eigenvalue weighted by atomic mass is 9.93. The van der Waals surface area contributed by atoms with Crippen LogP contribution in [0, 0.1) is 0 Å². The van der Waals surface area contributed by atoms with Gasteiger partial charge in [0.1, 0.15) is 6.61 Å². The summed E-state index contributed by atoms with van der Waals surface area (Å²) in [5, 5.41) is 0. The minimum absolute atomic E-state index is 0.00698. The minimum atomic E-state index is -4.88. The lowest BCUT2D eigenvalue weighted by Gasteiger charge is -2.28. The summed E-state index contributed by atoms with van der Waals surface area (Å²) < 4.78 is 51.9. The Labute approximate surface area is 200 Å². The van der Waals surface area contributed by atoms with E-state index in [1.165, 1.54) is 11.7 Å². The van der Waals surface area contributed by atoms with Crippen molar-refractivity contribution in [1.82, 2.24) is 14.0 Å². The van der Waals surface area contributed by atoms with Gasteiger partial charge in [0, 0.05) is 31.5 Å². The van der Waals surface area contributed by atoms with Gasteiger partial charge in [0.25, 0.3) is 0 Å². The number of hydrogen-bond donors (Lipinski definition) is 0. The zero-order valence-corrected chi connectivity index (χ0v) is 19.4. The molecule has 0 unspecified atom stereocenters. The van der Waals surface area contributed by atoms with E-state index in [9.17, 15) is 27.6 Å². The zero-order chi connectivity index (χ0) is 25.2. The second-order valence-electron chi connectivity index (χ2n) is 8.92. The number of ether oxygens (including phenoxy) is 2. The Morgan fingerprint density at radius 3 is 2.37 bits per heavy atom. The molecule has 2 heterocycles. The van der Waals surface area contributed by atoms with Gasteiger partial charge in [0.2, 0.25) is 0 Å². The average Bonchev–Trinajstić information content (AvgIpc) is 3.10. The number of rotatable bonds is 5. The van der Waals surface area contributed by atoms with Crippen molar-refractivity contribution in [2.45, 2.75) is 56.8 Å². The quantitative estimate of drug-likeness (QED) is 0.596. The number of imidazole rings is 1. The fraction of sp³-hybridized carbons (Fsp3) is 0.542. The Kier molecular flexibility index (Phi) is 7.34. The van der Waals surface area contributed by atoms with Crippen molar-refractivity contribution in [2.24, 2.45) is 0 Å². The molecule has 2 aromatic rings. The van der Waals surface area contributed by atoms with Crippen molar-refractivity contribution in [1.29, 1.82) is 0 Å². The summed E-state index contributed by atoms with van der Waals surface area (Å²) in [6, 6.07) is 5.44. The van der Waals surface area contributed by atoms with Gasteiger partial charge in [-0.25, -0.2) is 9.59 Å². The van der Waals surface area contributed by atoms with Crippen LogP contribution in [-0.4, -0.2) is 65.0 Å². The molecule has 1 aromatic carbocycles. The Balaban J connectivity index is 1.43. The molecule has 8 nitrogen and oxygen atoms in total. The standard InChI is InChI=1S/C24H28F3N3O5/c1-34-21(31)15-35-20-6-4-18(5-7-20)29-12-13-30(23(29)33)19-3-2-16-8-10-28(11-9-17(16)14-19)22(32)24(25,26)27/h2-3,12-14,18,20H,4-11,15H2,1H3. The molecule has 1 aromatic heterocycles. The van der Waals surface area contributed by atoms with Crippen LogP contribution in [-0.2, 0) is 31.9 Å². The van der Waals surface area contributed by atoms with E-state index in [0.717, 1.165) is 41.7 Å².